The van der Waals surface area contributed by atoms with Crippen molar-refractivity contribution < 1.29 is 5.11 Å². The molecule has 1 nitrogen and oxygen atoms in total. The third-order valence-corrected chi connectivity index (χ3v) is 0.727. The highest BCUT2D eigenvalue weighted by Crippen LogP contribution is 1.88. The second-order valence-electron chi connectivity index (χ2n) is 1.32. The predicted molar refractivity (Wildman–Crippen MR) is 29.5 cm³/mol. The van der Waals surface area contributed by atoms with E-state index in [0.717, 1.165) is 5.57 Å². The summed E-state index contributed by atoms with van der Waals surface area (Å²) in [6, 6.07) is 0. The van der Waals surface area contributed by atoms with Gasteiger partial charge in [0.2, 0.25) is 0 Å². The van der Waals surface area contributed by atoms with Crippen LogP contribution in [-0.2, 0) is 5.11 Å². The van der Waals surface area contributed by atoms with E-state index < -0.39 is 0 Å². The van der Waals surface area contributed by atoms with Crippen LogP contribution in [0, 0.1) is 0 Å². The maximum atomic E-state index is 9.78. The fourth-order valence-corrected chi connectivity index (χ4v) is 0.215. The Hall–Kier alpha value is -0.560. The largest absolute Gasteiger partial charge is 0.232 e. The van der Waals surface area contributed by atoms with Crippen LogP contribution in [0.25, 0.3) is 0 Å². The summed E-state index contributed by atoms with van der Waals surface area (Å²) in [5.74, 6) is 0. The Balaban J connectivity index is 3.49. The summed E-state index contributed by atoms with van der Waals surface area (Å²) in [6.45, 7) is 5.18. The van der Waals surface area contributed by atoms with Gasteiger partial charge >= 0.3 is 0 Å². The molecule has 0 aromatic heterocycles. The van der Waals surface area contributed by atoms with E-state index in [2.05, 4.69) is 6.58 Å². The smallest absolute Gasteiger partial charge is 0.101 e. The summed E-state index contributed by atoms with van der Waals surface area (Å²) >= 11 is 0. The zero-order valence-corrected chi connectivity index (χ0v) is 4.48. The average Bonchev–Trinajstić information content (AvgIpc) is 1.68. The van der Waals surface area contributed by atoms with Crippen LogP contribution in [-0.4, -0.2) is 6.61 Å². The van der Waals surface area contributed by atoms with Crippen molar-refractivity contribution in [2.75, 3.05) is 6.61 Å². The van der Waals surface area contributed by atoms with Crippen LogP contribution in [0.5, 0.6) is 0 Å². The summed E-state index contributed by atoms with van der Waals surface area (Å²) in [6.07, 6.45) is 3.25. The minimum Gasteiger partial charge on any atom is -0.232 e. The van der Waals surface area contributed by atoms with Gasteiger partial charge in [-0.1, -0.05) is 24.3 Å². The molecule has 0 aromatic carbocycles. The van der Waals surface area contributed by atoms with Crippen molar-refractivity contribution in [3.05, 3.63) is 24.3 Å². The topological polar surface area (TPSA) is 19.9 Å². The molecule has 0 amide bonds. The maximum Gasteiger partial charge on any atom is 0.101 e. The van der Waals surface area contributed by atoms with Crippen molar-refractivity contribution in [3.8, 4) is 0 Å². The highest BCUT2D eigenvalue weighted by Gasteiger charge is 1.73. The molecule has 0 aliphatic heterocycles. The first-order valence-corrected chi connectivity index (χ1v) is 2.18. The lowest BCUT2D eigenvalue weighted by atomic mass is 10.3. The Morgan fingerprint density at radius 1 is 1.86 bits per heavy atom. The second-order valence-corrected chi connectivity index (χ2v) is 1.32. The Labute approximate surface area is 44.0 Å². The number of allylic oxidation sites excluding steroid dienone is 2. The Kier molecular flexibility index (Phi) is 3.33. The fraction of sp³-hybridized carbons (Fsp3) is 0.333. The van der Waals surface area contributed by atoms with Crippen LogP contribution in [0.3, 0.4) is 0 Å². The molecular formula is C6H9O. The summed E-state index contributed by atoms with van der Waals surface area (Å²) in [5.41, 5.74) is 0.954. The molecule has 0 bridgehead atoms. The molecule has 0 heterocycles. The predicted octanol–water partition coefficient (Wildman–Crippen LogP) is 1.55. The summed E-state index contributed by atoms with van der Waals surface area (Å²) in [4.78, 5) is 0. The zero-order chi connectivity index (χ0) is 5.70. The Morgan fingerprint density at radius 2 is 2.43 bits per heavy atom. The van der Waals surface area contributed by atoms with Gasteiger partial charge in [0.15, 0.2) is 0 Å². The first kappa shape index (κ1) is 6.44. The van der Waals surface area contributed by atoms with Crippen molar-refractivity contribution in [2.24, 2.45) is 0 Å². The van der Waals surface area contributed by atoms with Crippen molar-refractivity contribution in [3.63, 3.8) is 0 Å². The highest BCUT2D eigenvalue weighted by atomic mass is 16.2. The highest BCUT2D eigenvalue weighted by molar-refractivity contribution is 5.12. The molecule has 0 saturated heterocycles. The van der Waals surface area contributed by atoms with Crippen LogP contribution in [0.4, 0.5) is 0 Å². The van der Waals surface area contributed by atoms with Crippen LogP contribution >= 0.6 is 0 Å². The van der Waals surface area contributed by atoms with Crippen molar-refractivity contribution in [1.82, 2.24) is 0 Å². The van der Waals surface area contributed by atoms with Gasteiger partial charge in [0.05, 0.1) is 0 Å². The quantitative estimate of drug-likeness (QED) is 0.466. The van der Waals surface area contributed by atoms with E-state index in [0.29, 0.717) is 0 Å². The lowest BCUT2D eigenvalue weighted by Crippen LogP contribution is -1.71. The monoisotopic (exact) mass is 97.1 g/mol. The molecule has 0 spiro atoms. The van der Waals surface area contributed by atoms with Gasteiger partial charge in [0.25, 0.3) is 0 Å². The summed E-state index contributed by atoms with van der Waals surface area (Å²) < 4.78 is 0. The van der Waals surface area contributed by atoms with Gasteiger partial charge in [-0.2, -0.15) is 0 Å². The number of hydrogen-bond acceptors (Lipinski definition) is 0. The van der Waals surface area contributed by atoms with Gasteiger partial charge in [-0.15, -0.1) is 0 Å². The average molecular weight is 97.1 g/mol. The Morgan fingerprint density at radius 3 is 2.57 bits per heavy atom. The molecule has 0 unspecified atom stereocenters. The fourth-order valence-electron chi connectivity index (χ4n) is 0.215. The van der Waals surface area contributed by atoms with Crippen molar-refractivity contribution in [2.45, 2.75) is 6.92 Å². The van der Waals surface area contributed by atoms with E-state index in [-0.39, 0.29) is 6.61 Å². The van der Waals surface area contributed by atoms with E-state index in [9.17, 15) is 5.11 Å². The minimum absolute atomic E-state index is 0.141. The van der Waals surface area contributed by atoms with Crippen molar-refractivity contribution >= 4 is 0 Å². The molecule has 1 radical (unpaired) electrons. The standard InChI is InChI=1S/C6H9O/c1-3-6(2)4-5-7/h3-4H,1,5H2,2H3. The third-order valence-electron chi connectivity index (χ3n) is 0.727. The molecule has 7 heavy (non-hydrogen) atoms. The molecular weight excluding hydrogens is 88.1 g/mol. The lowest BCUT2D eigenvalue weighted by Gasteiger charge is -1.81. The van der Waals surface area contributed by atoms with Gasteiger partial charge in [-0.25, -0.2) is 5.11 Å². The molecule has 0 saturated carbocycles. The molecule has 0 atom stereocenters. The van der Waals surface area contributed by atoms with Gasteiger partial charge < -0.3 is 0 Å². The molecule has 0 aromatic rings. The van der Waals surface area contributed by atoms with E-state index in [1.165, 1.54) is 0 Å². The molecule has 0 N–H and O–H groups in total. The normalized spacial score (nSPS) is 11.4. The summed E-state index contributed by atoms with van der Waals surface area (Å²) in [5, 5.41) is 9.78. The molecule has 39 valence electrons. The lowest BCUT2D eigenvalue weighted by molar-refractivity contribution is 0.232. The van der Waals surface area contributed by atoms with E-state index in [1.54, 1.807) is 12.2 Å². The first-order valence-electron chi connectivity index (χ1n) is 2.18. The molecule has 0 aliphatic rings. The molecule has 0 fully saturated rings. The van der Waals surface area contributed by atoms with E-state index in [1.807, 2.05) is 6.92 Å². The summed E-state index contributed by atoms with van der Waals surface area (Å²) in [7, 11) is 0. The van der Waals surface area contributed by atoms with E-state index >= 15 is 0 Å². The van der Waals surface area contributed by atoms with Crippen LogP contribution < -0.4 is 0 Å². The zero-order valence-electron chi connectivity index (χ0n) is 4.48. The Bertz CT molecular complexity index is 82.2. The SMILES string of the molecule is C=CC(C)=CC[O]. The minimum atomic E-state index is -0.141. The maximum absolute atomic E-state index is 9.78. The van der Waals surface area contributed by atoms with Crippen molar-refractivity contribution in [1.29, 1.82) is 0 Å². The van der Waals surface area contributed by atoms with Gasteiger partial charge in [-0.05, 0) is 6.92 Å². The van der Waals surface area contributed by atoms with Gasteiger partial charge in [0, 0.05) is 0 Å². The number of hydrogen-bond donors (Lipinski definition) is 0. The molecule has 1 heteroatoms. The first-order chi connectivity index (χ1) is 3.31. The van der Waals surface area contributed by atoms with Crippen LogP contribution in [0.2, 0.25) is 0 Å². The number of rotatable bonds is 2. The van der Waals surface area contributed by atoms with Gasteiger partial charge in [-0.3, -0.25) is 0 Å². The molecule has 0 aliphatic carbocycles. The van der Waals surface area contributed by atoms with Crippen LogP contribution in [0.1, 0.15) is 6.92 Å². The molecule has 0 rings (SSSR count). The van der Waals surface area contributed by atoms with E-state index in [4.69, 9.17) is 0 Å². The van der Waals surface area contributed by atoms with Gasteiger partial charge in [0.1, 0.15) is 6.61 Å². The third kappa shape index (κ3) is 3.27. The van der Waals surface area contributed by atoms with Crippen LogP contribution in [0.15, 0.2) is 24.3 Å². The second kappa shape index (κ2) is 3.62.